The predicted molar refractivity (Wildman–Crippen MR) is 77.5 cm³/mol. The Morgan fingerprint density at radius 1 is 1.52 bits per heavy atom. The van der Waals surface area contributed by atoms with E-state index in [9.17, 15) is 4.79 Å². The monoisotopic (exact) mass is 294 g/mol. The Hall–Kier alpha value is -1.66. The molecule has 0 saturated carbocycles. The van der Waals surface area contributed by atoms with Crippen molar-refractivity contribution >= 4 is 5.91 Å². The lowest BCUT2D eigenvalue weighted by Crippen LogP contribution is -2.25. The summed E-state index contributed by atoms with van der Waals surface area (Å²) < 4.78 is 15.9. The quantitative estimate of drug-likeness (QED) is 0.734. The molecule has 6 nitrogen and oxygen atoms in total. The Bertz CT molecular complexity index is 430. The molecule has 21 heavy (non-hydrogen) atoms. The number of aromatic nitrogens is 1. The molecule has 2 rings (SSSR count). The van der Waals surface area contributed by atoms with Crippen LogP contribution in [-0.4, -0.2) is 50.5 Å². The number of methoxy groups -OCH3 is 1. The summed E-state index contributed by atoms with van der Waals surface area (Å²) in [5.74, 6) is 0.360. The van der Waals surface area contributed by atoms with E-state index in [1.54, 1.807) is 19.2 Å². The first-order chi connectivity index (χ1) is 10.3. The number of pyridine rings is 1. The molecule has 0 aromatic carbocycles. The molecule has 6 heteroatoms. The summed E-state index contributed by atoms with van der Waals surface area (Å²) in [4.78, 5) is 15.8. The van der Waals surface area contributed by atoms with Gasteiger partial charge in [-0.3, -0.25) is 4.79 Å². The van der Waals surface area contributed by atoms with Crippen LogP contribution in [0.15, 0.2) is 18.3 Å². The standard InChI is InChI=1S/C15H22N2O4/c1-19-14-6-5-12(10-17-14)15(18)16-7-3-8-20-11-13-4-2-9-21-13/h5-6,10,13H,2-4,7-9,11H2,1H3,(H,16,18). The van der Waals surface area contributed by atoms with Gasteiger partial charge >= 0.3 is 0 Å². The van der Waals surface area contributed by atoms with Crippen molar-refractivity contribution in [3.63, 3.8) is 0 Å². The molecule has 1 amide bonds. The molecule has 0 bridgehead atoms. The summed E-state index contributed by atoms with van der Waals surface area (Å²) in [6.07, 6.45) is 4.75. The van der Waals surface area contributed by atoms with Crippen LogP contribution in [0.2, 0.25) is 0 Å². The first kappa shape index (κ1) is 15.7. The summed E-state index contributed by atoms with van der Waals surface area (Å²) in [6, 6.07) is 3.36. The third kappa shape index (κ3) is 5.32. The third-order valence-corrected chi connectivity index (χ3v) is 3.29. The van der Waals surface area contributed by atoms with Crippen molar-refractivity contribution in [2.24, 2.45) is 0 Å². The molecule has 1 unspecified atom stereocenters. The Balaban J connectivity index is 1.55. The highest BCUT2D eigenvalue weighted by atomic mass is 16.5. The van der Waals surface area contributed by atoms with Gasteiger partial charge in [-0.15, -0.1) is 0 Å². The minimum absolute atomic E-state index is 0.135. The molecule has 1 fully saturated rings. The van der Waals surface area contributed by atoms with Crippen LogP contribution in [0.5, 0.6) is 5.88 Å². The molecular weight excluding hydrogens is 272 g/mol. The minimum atomic E-state index is -0.135. The molecule has 1 aliphatic rings. The summed E-state index contributed by atoms with van der Waals surface area (Å²) in [6.45, 7) is 2.70. The number of hydrogen-bond acceptors (Lipinski definition) is 5. The summed E-state index contributed by atoms with van der Waals surface area (Å²) in [5, 5.41) is 2.83. The van der Waals surface area contributed by atoms with Gasteiger partial charge in [0.2, 0.25) is 5.88 Å². The van der Waals surface area contributed by atoms with Crippen molar-refractivity contribution in [3.05, 3.63) is 23.9 Å². The molecule has 1 aromatic rings. The van der Waals surface area contributed by atoms with E-state index in [1.807, 2.05) is 0 Å². The van der Waals surface area contributed by atoms with Crippen LogP contribution in [0.3, 0.4) is 0 Å². The van der Waals surface area contributed by atoms with Gasteiger partial charge in [-0.1, -0.05) is 0 Å². The second-order valence-electron chi connectivity index (χ2n) is 4.91. The van der Waals surface area contributed by atoms with E-state index in [0.717, 1.165) is 25.9 Å². The van der Waals surface area contributed by atoms with Crippen molar-refractivity contribution < 1.29 is 19.0 Å². The highest BCUT2D eigenvalue weighted by Gasteiger charge is 2.14. The van der Waals surface area contributed by atoms with Crippen molar-refractivity contribution in [1.82, 2.24) is 10.3 Å². The Kier molecular flexibility index (Phi) is 6.43. The number of rotatable bonds is 8. The number of nitrogens with one attached hydrogen (secondary N) is 1. The van der Waals surface area contributed by atoms with Gasteiger partial charge in [0.05, 0.1) is 25.4 Å². The minimum Gasteiger partial charge on any atom is -0.481 e. The molecule has 1 aliphatic heterocycles. The second-order valence-corrected chi connectivity index (χ2v) is 4.91. The fraction of sp³-hybridized carbons (Fsp3) is 0.600. The third-order valence-electron chi connectivity index (χ3n) is 3.29. The van der Waals surface area contributed by atoms with E-state index in [4.69, 9.17) is 14.2 Å². The Morgan fingerprint density at radius 2 is 2.43 bits per heavy atom. The van der Waals surface area contributed by atoms with Crippen LogP contribution < -0.4 is 10.1 Å². The largest absolute Gasteiger partial charge is 0.481 e. The van der Waals surface area contributed by atoms with Crippen LogP contribution in [0.1, 0.15) is 29.6 Å². The van der Waals surface area contributed by atoms with E-state index < -0.39 is 0 Å². The van der Waals surface area contributed by atoms with Gasteiger partial charge in [0.15, 0.2) is 0 Å². The summed E-state index contributed by atoms with van der Waals surface area (Å²) in [7, 11) is 1.54. The lowest BCUT2D eigenvalue weighted by Gasteiger charge is -2.10. The van der Waals surface area contributed by atoms with Gasteiger partial charge in [-0.25, -0.2) is 4.98 Å². The topological polar surface area (TPSA) is 69.7 Å². The SMILES string of the molecule is COc1ccc(C(=O)NCCCOCC2CCCO2)cn1. The molecule has 116 valence electrons. The van der Waals surface area contributed by atoms with Crippen LogP contribution >= 0.6 is 0 Å². The fourth-order valence-corrected chi connectivity index (χ4v) is 2.10. The fourth-order valence-electron chi connectivity index (χ4n) is 2.10. The lowest BCUT2D eigenvalue weighted by atomic mass is 10.2. The van der Waals surface area contributed by atoms with Gasteiger partial charge in [0.25, 0.3) is 5.91 Å². The van der Waals surface area contributed by atoms with Crippen LogP contribution in [0.4, 0.5) is 0 Å². The molecule has 0 spiro atoms. The van der Waals surface area contributed by atoms with E-state index in [2.05, 4.69) is 10.3 Å². The molecule has 2 heterocycles. The van der Waals surface area contributed by atoms with E-state index in [1.165, 1.54) is 6.20 Å². The van der Waals surface area contributed by atoms with E-state index in [-0.39, 0.29) is 12.0 Å². The van der Waals surface area contributed by atoms with Crippen molar-refractivity contribution in [3.8, 4) is 5.88 Å². The molecule has 0 radical (unpaired) electrons. The number of carbonyl (C=O) groups excluding carboxylic acids is 1. The van der Waals surface area contributed by atoms with Gasteiger partial charge in [-0.2, -0.15) is 0 Å². The molecule has 0 aliphatic carbocycles. The lowest BCUT2D eigenvalue weighted by molar-refractivity contribution is 0.0166. The zero-order chi connectivity index (χ0) is 14.9. The second kappa shape index (κ2) is 8.59. The number of hydrogen-bond donors (Lipinski definition) is 1. The van der Waals surface area contributed by atoms with Crippen molar-refractivity contribution in [2.45, 2.75) is 25.4 Å². The van der Waals surface area contributed by atoms with E-state index in [0.29, 0.717) is 31.2 Å². The summed E-state index contributed by atoms with van der Waals surface area (Å²) >= 11 is 0. The molecule has 1 atom stereocenters. The maximum Gasteiger partial charge on any atom is 0.252 e. The first-order valence-corrected chi connectivity index (χ1v) is 7.27. The number of amides is 1. The first-order valence-electron chi connectivity index (χ1n) is 7.27. The maximum atomic E-state index is 11.8. The van der Waals surface area contributed by atoms with Gasteiger partial charge < -0.3 is 19.5 Å². The predicted octanol–water partition coefficient (Wildman–Crippen LogP) is 1.41. The number of ether oxygens (including phenoxy) is 3. The maximum absolute atomic E-state index is 11.8. The Morgan fingerprint density at radius 3 is 3.10 bits per heavy atom. The highest BCUT2D eigenvalue weighted by Crippen LogP contribution is 2.11. The average Bonchev–Trinajstić information content (AvgIpc) is 3.04. The van der Waals surface area contributed by atoms with Gasteiger partial charge in [0.1, 0.15) is 0 Å². The van der Waals surface area contributed by atoms with Gasteiger partial charge in [0, 0.05) is 32.0 Å². The number of nitrogens with zero attached hydrogens (tertiary/aromatic N) is 1. The summed E-state index contributed by atoms with van der Waals surface area (Å²) in [5.41, 5.74) is 0.524. The van der Waals surface area contributed by atoms with Crippen LogP contribution in [-0.2, 0) is 9.47 Å². The smallest absolute Gasteiger partial charge is 0.252 e. The highest BCUT2D eigenvalue weighted by molar-refractivity contribution is 5.93. The van der Waals surface area contributed by atoms with Gasteiger partial charge in [-0.05, 0) is 25.3 Å². The van der Waals surface area contributed by atoms with Crippen LogP contribution in [0.25, 0.3) is 0 Å². The van der Waals surface area contributed by atoms with Crippen molar-refractivity contribution in [2.75, 3.05) is 33.5 Å². The average molecular weight is 294 g/mol. The van der Waals surface area contributed by atoms with E-state index >= 15 is 0 Å². The molecule has 1 N–H and O–H groups in total. The molecule has 1 aromatic heterocycles. The Labute approximate surface area is 124 Å². The number of carbonyl (C=O) groups is 1. The normalized spacial score (nSPS) is 17.7. The zero-order valence-corrected chi connectivity index (χ0v) is 12.3. The molecular formula is C15H22N2O4. The molecule has 1 saturated heterocycles. The van der Waals surface area contributed by atoms with Crippen molar-refractivity contribution in [1.29, 1.82) is 0 Å². The zero-order valence-electron chi connectivity index (χ0n) is 12.3. The van der Waals surface area contributed by atoms with Crippen LogP contribution in [0, 0.1) is 0 Å².